The van der Waals surface area contributed by atoms with Gasteiger partial charge in [-0.2, -0.15) is 0 Å². The van der Waals surface area contributed by atoms with Crippen molar-refractivity contribution in [3.05, 3.63) is 29.8 Å². The molecule has 3 rings (SSSR count). The van der Waals surface area contributed by atoms with Gasteiger partial charge in [-0.3, -0.25) is 14.5 Å². The molecule has 2 aliphatic rings. The van der Waals surface area contributed by atoms with Crippen LogP contribution in [0, 0.1) is 17.8 Å². The molecule has 3 unspecified atom stereocenters. The molecule has 1 heterocycles. The molecule has 1 aliphatic carbocycles. The fourth-order valence-electron chi connectivity index (χ4n) is 5.89. The molecule has 0 aromatic heterocycles. The third-order valence-electron chi connectivity index (χ3n) is 7.71. The number of likely N-dealkylation sites (tertiary alicyclic amines) is 1. The van der Waals surface area contributed by atoms with E-state index in [4.69, 9.17) is 10.5 Å². The average molecular weight is 487 g/mol. The van der Waals surface area contributed by atoms with Gasteiger partial charge >= 0.3 is 0 Å². The lowest BCUT2D eigenvalue weighted by molar-refractivity contribution is -0.142. The summed E-state index contributed by atoms with van der Waals surface area (Å²) in [5, 5.41) is 3.21. The lowest BCUT2D eigenvalue weighted by atomic mass is 9.81. The molecule has 2 fully saturated rings. The fourth-order valence-corrected chi connectivity index (χ4v) is 5.89. The number of methoxy groups -OCH3 is 1. The molecule has 35 heavy (non-hydrogen) atoms. The minimum absolute atomic E-state index is 0.00866. The summed E-state index contributed by atoms with van der Waals surface area (Å²) in [4.78, 5) is 30.1. The SMILES string of the molecule is COc1cccc(CN(CC(C)C)C2CCN(C(C)=O)[C@@H](C(=O)NCC3CCCC(CN)C3)C2)c1. The third kappa shape index (κ3) is 7.94. The molecule has 1 saturated carbocycles. The van der Waals surface area contributed by atoms with Crippen molar-refractivity contribution in [2.24, 2.45) is 23.5 Å². The van der Waals surface area contributed by atoms with Gasteiger partial charge in [0.15, 0.2) is 0 Å². The number of nitrogens with two attached hydrogens (primary N) is 1. The number of ether oxygens (including phenoxy) is 1. The van der Waals surface area contributed by atoms with Crippen LogP contribution in [0.1, 0.15) is 64.9 Å². The Morgan fingerprint density at radius 1 is 1.20 bits per heavy atom. The number of nitrogens with one attached hydrogen (secondary N) is 1. The first-order chi connectivity index (χ1) is 16.8. The van der Waals surface area contributed by atoms with E-state index in [9.17, 15) is 9.59 Å². The second-order valence-electron chi connectivity index (χ2n) is 11.0. The minimum atomic E-state index is -0.417. The molecule has 196 valence electrons. The normalized spacial score (nSPS) is 25.1. The maximum Gasteiger partial charge on any atom is 0.242 e. The summed E-state index contributed by atoms with van der Waals surface area (Å²) in [7, 11) is 1.69. The largest absolute Gasteiger partial charge is 0.497 e. The van der Waals surface area contributed by atoms with Crippen molar-refractivity contribution < 1.29 is 14.3 Å². The maximum absolute atomic E-state index is 13.4. The van der Waals surface area contributed by atoms with Gasteiger partial charge in [-0.15, -0.1) is 0 Å². The first kappa shape index (κ1) is 27.5. The first-order valence-corrected chi connectivity index (χ1v) is 13.4. The third-order valence-corrected chi connectivity index (χ3v) is 7.71. The molecule has 1 aliphatic heterocycles. The molecule has 1 aromatic rings. The number of nitrogens with zero attached hydrogens (tertiary/aromatic N) is 2. The van der Waals surface area contributed by atoms with Crippen LogP contribution in [0.4, 0.5) is 0 Å². The molecule has 1 saturated heterocycles. The number of rotatable bonds is 10. The molecule has 0 bridgehead atoms. The highest BCUT2D eigenvalue weighted by Gasteiger charge is 2.37. The molecular weight excluding hydrogens is 440 g/mol. The summed E-state index contributed by atoms with van der Waals surface area (Å²) in [6.45, 7) is 9.81. The van der Waals surface area contributed by atoms with Crippen molar-refractivity contribution in [1.82, 2.24) is 15.1 Å². The van der Waals surface area contributed by atoms with Gasteiger partial charge < -0.3 is 20.7 Å². The Hall–Kier alpha value is -2.12. The van der Waals surface area contributed by atoms with Crippen LogP contribution < -0.4 is 15.8 Å². The summed E-state index contributed by atoms with van der Waals surface area (Å²) < 4.78 is 5.42. The summed E-state index contributed by atoms with van der Waals surface area (Å²) >= 11 is 0. The Labute approximate surface area is 211 Å². The van der Waals surface area contributed by atoms with Gasteiger partial charge in [0.25, 0.3) is 0 Å². The van der Waals surface area contributed by atoms with Gasteiger partial charge in [0, 0.05) is 39.1 Å². The zero-order chi connectivity index (χ0) is 25.4. The topological polar surface area (TPSA) is 87.9 Å². The predicted octanol–water partition coefficient (Wildman–Crippen LogP) is 3.41. The van der Waals surface area contributed by atoms with E-state index in [2.05, 4.69) is 36.2 Å². The minimum Gasteiger partial charge on any atom is -0.497 e. The number of carbonyl (C=O) groups is 2. The van der Waals surface area contributed by atoms with Crippen molar-refractivity contribution in [2.75, 3.05) is 33.3 Å². The molecule has 7 heteroatoms. The lowest BCUT2D eigenvalue weighted by Crippen LogP contribution is -2.57. The van der Waals surface area contributed by atoms with Crippen LogP contribution in [0.25, 0.3) is 0 Å². The van der Waals surface area contributed by atoms with Gasteiger partial charge in [0.05, 0.1) is 7.11 Å². The van der Waals surface area contributed by atoms with Crippen LogP contribution >= 0.6 is 0 Å². The van der Waals surface area contributed by atoms with E-state index in [1.165, 1.54) is 18.4 Å². The van der Waals surface area contributed by atoms with E-state index in [0.29, 0.717) is 37.3 Å². The molecule has 4 atom stereocenters. The summed E-state index contributed by atoms with van der Waals surface area (Å²) in [5.41, 5.74) is 7.10. The number of benzene rings is 1. The van der Waals surface area contributed by atoms with Crippen LogP contribution in [0.15, 0.2) is 24.3 Å². The molecule has 7 nitrogen and oxygen atoms in total. The Kier molecular flexibility index (Phi) is 10.4. The Morgan fingerprint density at radius 3 is 2.66 bits per heavy atom. The maximum atomic E-state index is 13.4. The number of amides is 2. The molecule has 0 radical (unpaired) electrons. The highest BCUT2D eigenvalue weighted by molar-refractivity contribution is 5.87. The number of hydrogen-bond donors (Lipinski definition) is 2. The Bertz CT molecular complexity index is 830. The second kappa shape index (κ2) is 13.3. The standard InChI is InChI=1S/C28H46N4O3/c1-20(2)18-31(19-24-9-6-10-26(14-24)35-4)25-11-12-32(21(3)33)27(15-25)28(34)30-17-23-8-5-7-22(13-23)16-29/h6,9-10,14,20,22-23,25,27H,5,7-8,11-13,15-19,29H2,1-4H3,(H,30,34)/t22?,23?,25?,27-/m1/s1. The number of carbonyl (C=O) groups excluding carboxylic acids is 2. The summed E-state index contributed by atoms with van der Waals surface area (Å²) in [6.07, 6.45) is 6.15. The smallest absolute Gasteiger partial charge is 0.242 e. The molecule has 3 N–H and O–H groups in total. The van der Waals surface area contributed by atoms with Gasteiger partial charge in [-0.25, -0.2) is 0 Å². The van der Waals surface area contributed by atoms with Crippen LogP contribution in [0.3, 0.4) is 0 Å². The lowest BCUT2D eigenvalue weighted by Gasteiger charge is -2.43. The summed E-state index contributed by atoms with van der Waals surface area (Å²) in [5.74, 6) is 2.38. The van der Waals surface area contributed by atoms with Crippen LogP contribution in [-0.4, -0.2) is 67.0 Å². The van der Waals surface area contributed by atoms with E-state index in [0.717, 1.165) is 44.6 Å². The fraction of sp³-hybridized carbons (Fsp3) is 0.714. The van der Waals surface area contributed by atoms with E-state index in [-0.39, 0.29) is 17.9 Å². The quantitative estimate of drug-likeness (QED) is 0.529. The van der Waals surface area contributed by atoms with Gasteiger partial charge in [-0.05, 0) is 74.1 Å². The van der Waals surface area contributed by atoms with Crippen molar-refractivity contribution in [1.29, 1.82) is 0 Å². The van der Waals surface area contributed by atoms with Crippen molar-refractivity contribution >= 4 is 11.8 Å². The van der Waals surface area contributed by atoms with Crippen molar-refractivity contribution in [2.45, 2.75) is 77.9 Å². The zero-order valence-electron chi connectivity index (χ0n) is 22.2. The monoisotopic (exact) mass is 486 g/mol. The van der Waals surface area contributed by atoms with Gasteiger partial charge in [0.1, 0.15) is 11.8 Å². The van der Waals surface area contributed by atoms with Crippen LogP contribution in [-0.2, 0) is 16.1 Å². The van der Waals surface area contributed by atoms with Gasteiger partial charge in [-0.1, -0.05) is 32.4 Å². The van der Waals surface area contributed by atoms with Gasteiger partial charge in [0.2, 0.25) is 11.8 Å². The Balaban J connectivity index is 1.68. The highest BCUT2D eigenvalue weighted by atomic mass is 16.5. The highest BCUT2D eigenvalue weighted by Crippen LogP contribution is 2.29. The Morgan fingerprint density at radius 2 is 1.97 bits per heavy atom. The first-order valence-electron chi connectivity index (χ1n) is 13.4. The summed E-state index contributed by atoms with van der Waals surface area (Å²) in [6, 6.07) is 8.03. The van der Waals surface area contributed by atoms with E-state index >= 15 is 0 Å². The average Bonchev–Trinajstić information content (AvgIpc) is 2.86. The van der Waals surface area contributed by atoms with E-state index < -0.39 is 6.04 Å². The number of hydrogen-bond acceptors (Lipinski definition) is 5. The van der Waals surface area contributed by atoms with Crippen LogP contribution in [0.2, 0.25) is 0 Å². The number of piperidine rings is 1. The van der Waals surface area contributed by atoms with E-state index in [1.54, 1.807) is 18.9 Å². The second-order valence-corrected chi connectivity index (χ2v) is 11.0. The van der Waals surface area contributed by atoms with Crippen molar-refractivity contribution in [3.63, 3.8) is 0 Å². The molecule has 2 amide bonds. The predicted molar refractivity (Wildman–Crippen MR) is 140 cm³/mol. The van der Waals surface area contributed by atoms with Crippen LogP contribution in [0.5, 0.6) is 5.75 Å². The molecule has 1 aromatic carbocycles. The molecular formula is C28H46N4O3. The van der Waals surface area contributed by atoms with Crippen molar-refractivity contribution in [3.8, 4) is 5.75 Å². The molecule has 0 spiro atoms. The van der Waals surface area contributed by atoms with E-state index in [1.807, 2.05) is 12.1 Å². The zero-order valence-corrected chi connectivity index (χ0v) is 22.2.